The van der Waals surface area contributed by atoms with Gasteiger partial charge in [0.05, 0.1) is 11.1 Å². The van der Waals surface area contributed by atoms with Gasteiger partial charge in [0.15, 0.2) is 6.61 Å². The normalized spacial score (nSPS) is 11.0. The van der Waals surface area contributed by atoms with Crippen LogP contribution in [0.15, 0.2) is 48.5 Å². The van der Waals surface area contributed by atoms with Gasteiger partial charge in [-0.3, -0.25) is 4.79 Å². The van der Waals surface area contributed by atoms with Gasteiger partial charge in [-0.25, -0.2) is 4.79 Å². The zero-order chi connectivity index (χ0) is 19.2. The molecule has 0 atom stereocenters. The van der Waals surface area contributed by atoms with Gasteiger partial charge < -0.3 is 15.8 Å². The third kappa shape index (κ3) is 5.51. The van der Waals surface area contributed by atoms with Gasteiger partial charge in [-0.1, -0.05) is 30.3 Å². The van der Waals surface area contributed by atoms with Crippen molar-refractivity contribution in [3.8, 4) is 0 Å². The number of rotatable bonds is 6. The summed E-state index contributed by atoms with van der Waals surface area (Å²) in [4.78, 5) is 23.5. The van der Waals surface area contributed by atoms with E-state index >= 15 is 0 Å². The lowest BCUT2D eigenvalue weighted by Crippen LogP contribution is -2.30. The lowest BCUT2D eigenvalue weighted by Gasteiger charge is -2.11. The summed E-state index contributed by atoms with van der Waals surface area (Å²) in [7, 11) is 0. The van der Waals surface area contributed by atoms with Crippen LogP contribution in [0.2, 0.25) is 0 Å². The number of carbonyl (C=O) groups is 2. The van der Waals surface area contributed by atoms with Crippen LogP contribution in [0.25, 0.3) is 0 Å². The highest BCUT2D eigenvalue weighted by molar-refractivity contribution is 5.96. The van der Waals surface area contributed by atoms with E-state index in [1.807, 2.05) is 30.3 Å². The molecule has 0 aliphatic heterocycles. The Morgan fingerprint density at radius 1 is 1.08 bits per heavy atom. The number of ether oxygens (including phenoxy) is 1. The molecule has 26 heavy (non-hydrogen) atoms. The summed E-state index contributed by atoms with van der Waals surface area (Å²) in [6.07, 6.45) is -3.94. The predicted molar refractivity (Wildman–Crippen MR) is 89.3 cm³/mol. The van der Waals surface area contributed by atoms with Crippen LogP contribution in [0, 0.1) is 0 Å². The van der Waals surface area contributed by atoms with E-state index in [1.165, 1.54) is 0 Å². The molecule has 0 bridgehead atoms. The molecule has 0 spiro atoms. The first-order valence-electron chi connectivity index (χ1n) is 7.72. The van der Waals surface area contributed by atoms with Gasteiger partial charge in [0.1, 0.15) is 0 Å². The first kappa shape index (κ1) is 19.3. The number of esters is 1. The van der Waals surface area contributed by atoms with Gasteiger partial charge in [-0.05, 0) is 30.2 Å². The molecule has 0 aromatic heterocycles. The lowest BCUT2D eigenvalue weighted by atomic mass is 10.1. The third-order valence-corrected chi connectivity index (χ3v) is 3.51. The van der Waals surface area contributed by atoms with Crippen LogP contribution in [0.1, 0.15) is 21.5 Å². The van der Waals surface area contributed by atoms with Crippen molar-refractivity contribution in [2.45, 2.75) is 12.6 Å². The second-order valence-electron chi connectivity index (χ2n) is 5.46. The molecule has 0 aliphatic rings. The minimum Gasteiger partial charge on any atom is -0.452 e. The number of alkyl halides is 3. The Morgan fingerprint density at radius 2 is 1.77 bits per heavy atom. The van der Waals surface area contributed by atoms with Crippen LogP contribution < -0.4 is 11.1 Å². The standard InChI is InChI=1S/C18H17F3N2O3/c19-18(20,21)13-6-7-14(15(22)10-13)17(25)26-11-16(24)23-9-8-12-4-2-1-3-5-12/h1-7,10H,8-9,11,22H2,(H,23,24). The number of nitrogens with one attached hydrogen (secondary N) is 1. The molecular weight excluding hydrogens is 349 g/mol. The molecule has 3 N–H and O–H groups in total. The number of nitrogen functional groups attached to an aromatic ring is 1. The fourth-order valence-corrected chi connectivity index (χ4v) is 2.18. The highest BCUT2D eigenvalue weighted by Gasteiger charge is 2.31. The van der Waals surface area contributed by atoms with Crippen molar-refractivity contribution >= 4 is 17.6 Å². The van der Waals surface area contributed by atoms with Gasteiger partial charge in [0.25, 0.3) is 5.91 Å². The summed E-state index contributed by atoms with van der Waals surface area (Å²) in [5, 5.41) is 2.59. The Balaban J connectivity index is 1.81. The molecule has 1 amide bonds. The molecule has 0 saturated heterocycles. The summed E-state index contributed by atoms with van der Waals surface area (Å²) >= 11 is 0. The maximum atomic E-state index is 12.6. The summed E-state index contributed by atoms with van der Waals surface area (Å²) in [6, 6.07) is 11.8. The van der Waals surface area contributed by atoms with Crippen LogP contribution in [0.5, 0.6) is 0 Å². The number of amides is 1. The molecule has 5 nitrogen and oxygen atoms in total. The summed E-state index contributed by atoms with van der Waals surface area (Å²) < 4.78 is 42.5. The highest BCUT2D eigenvalue weighted by Crippen LogP contribution is 2.31. The minimum absolute atomic E-state index is 0.227. The smallest absolute Gasteiger partial charge is 0.416 e. The number of anilines is 1. The fourth-order valence-electron chi connectivity index (χ4n) is 2.18. The van der Waals surface area contributed by atoms with Crippen molar-refractivity contribution in [2.24, 2.45) is 0 Å². The first-order valence-corrected chi connectivity index (χ1v) is 7.72. The van der Waals surface area contributed by atoms with Crippen LogP contribution in [-0.4, -0.2) is 25.0 Å². The molecule has 2 aromatic carbocycles. The highest BCUT2D eigenvalue weighted by atomic mass is 19.4. The van der Waals surface area contributed by atoms with Crippen molar-refractivity contribution in [3.63, 3.8) is 0 Å². The number of benzene rings is 2. The number of hydrogen-bond acceptors (Lipinski definition) is 4. The van der Waals surface area contributed by atoms with E-state index in [1.54, 1.807) is 0 Å². The first-order chi connectivity index (χ1) is 12.3. The van der Waals surface area contributed by atoms with Crippen molar-refractivity contribution in [1.29, 1.82) is 0 Å². The predicted octanol–water partition coefficient (Wildman–Crippen LogP) is 2.80. The van der Waals surface area contributed by atoms with Crippen LogP contribution in [-0.2, 0) is 22.1 Å². The number of hydrogen-bond donors (Lipinski definition) is 2. The number of nitrogens with two attached hydrogens (primary N) is 1. The molecule has 138 valence electrons. The SMILES string of the molecule is Nc1cc(C(F)(F)F)ccc1C(=O)OCC(=O)NCCc1ccccc1. The van der Waals surface area contributed by atoms with Crippen molar-refractivity contribution in [1.82, 2.24) is 5.32 Å². The molecule has 2 aromatic rings. The summed E-state index contributed by atoms with van der Waals surface area (Å²) in [5.74, 6) is -1.48. The zero-order valence-electron chi connectivity index (χ0n) is 13.7. The number of carbonyl (C=O) groups excluding carboxylic acids is 2. The Hall–Kier alpha value is -3.03. The van der Waals surface area contributed by atoms with E-state index in [4.69, 9.17) is 10.5 Å². The van der Waals surface area contributed by atoms with Crippen LogP contribution in [0.3, 0.4) is 0 Å². The molecule has 8 heteroatoms. The quantitative estimate of drug-likeness (QED) is 0.608. The van der Waals surface area contributed by atoms with Gasteiger partial charge in [0.2, 0.25) is 0 Å². The largest absolute Gasteiger partial charge is 0.452 e. The zero-order valence-corrected chi connectivity index (χ0v) is 13.7. The van der Waals surface area contributed by atoms with Gasteiger partial charge >= 0.3 is 12.1 Å². The topological polar surface area (TPSA) is 81.4 Å². The molecule has 0 heterocycles. The average Bonchev–Trinajstić information content (AvgIpc) is 2.59. The maximum Gasteiger partial charge on any atom is 0.416 e. The summed E-state index contributed by atoms with van der Waals surface area (Å²) in [5.41, 5.74) is 4.95. The Morgan fingerprint density at radius 3 is 2.38 bits per heavy atom. The second kappa shape index (κ2) is 8.37. The molecule has 0 saturated carbocycles. The molecule has 0 fully saturated rings. The molecule has 2 rings (SSSR count). The number of halogens is 3. The van der Waals surface area contributed by atoms with Crippen molar-refractivity contribution < 1.29 is 27.5 Å². The van der Waals surface area contributed by atoms with Crippen LogP contribution >= 0.6 is 0 Å². The van der Waals surface area contributed by atoms with E-state index < -0.39 is 30.2 Å². The fraction of sp³-hybridized carbons (Fsp3) is 0.222. The van der Waals surface area contributed by atoms with Gasteiger partial charge in [0, 0.05) is 12.2 Å². The second-order valence-corrected chi connectivity index (χ2v) is 5.46. The minimum atomic E-state index is -4.56. The molecule has 0 unspecified atom stereocenters. The summed E-state index contributed by atoms with van der Waals surface area (Å²) in [6.45, 7) is -0.184. The van der Waals surface area contributed by atoms with Gasteiger partial charge in [-0.15, -0.1) is 0 Å². The molecule has 0 aliphatic carbocycles. The van der Waals surface area contributed by atoms with Crippen LogP contribution in [0.4, 0.5) is 18.9 Å². The lowest BCUT2D eigenvalue weighted by molar-refractivity contribution is -0.137. The Bertz CT molecular complexity index is 777. The van der Waals surface area contributed by atoms with E-state index in [9.17, 15) is 22.8 Å². The van der Waals surface area contributed by atoms with Crippen molar-refractivity contribution in [3.05, 3.63) is 65.2 Å². The Labute approximate surface area is 148 Å². The van der Waals surface area contributed by atoms with Gasteiger partial charge in [-0.2, -0.15) is 13.2 Å². The maximum absolute atomic E-state index is 12.6. The van der Waals surface area contributed by atoms with Crippen molar-refractivity contribution in [2.75, 3.05) is 18.9 Å². The monoisotopic (exact) mass is 366 g/mol. The Kier molecular flexibility index (Phi) is 6.21. The molecular formula is C18H17F3N2O3. The van der Waals surface area contributed by atoms with E-state index in [-0.39, 0.29) is 11.3 Å². The van der Waals surface area contributed by atoms with E-state index in [0.29, 0.717) is 19.0 Å². The molecule has 0 radical (unpaired) electrons. The van der Waals surface area contributed by atoms with E-state index in [2.05, 4.69) is 5.32 Å². The van der Waals surface area contributed by atoms with E-state index in [0.717, 1.165) is 17.7 Å². The third-order valence-electron chi connectivity index (χ3n) is 3.51. The average molecular weight is 366 g/mol.